The molecule has 0 fully saturated rings. The summed E-state index contributed by atoms with van der Waals surface area (Å²) in [5.74, 6) is 0.614. The van der Waals surface area contributed by atoms with Gasteiger partial charge in [0.25, 0.3) is 0 Å². The summed E-state index contributed by atoms with van der Waals surface area (Å²) in [5, 5.41) is 9.14. The van der Waals surface area contributed by atoms with E-state index in [1.54, 1.807) is 6.33 Å². The molecule has 94 valence electrons. The van der Waals surface area contributed by atoms with E-state index in [0.717, 1.165) is 6.42 Å². The number of imidazole rings is 1. The van der Waals surface area contributed by atoms with Crippen LogP contribution in [0.2, 0.25) is 0 Å². The van der Waals surface area contributed by atoms with E-state index in [-0.39, 0.29) is 30.3 Å². The molecule has 0 amide bonds. The zero-order valence-corrected chi connectivity index (χ0v) is 9.69. The molecule has 5 N–H and O–H groups in total. The first kappa shape index (κ1) is 11.0. The van der Waals surface area contributed by atoms with Crippen molar-refractivity contribution in [1.82, 2.24) is 19.5 Å². The monoisotopic (exact) mass is 246 g/mol. The smallest absolute Gasteiger partial charge is 0.224 e. The lowest BCUT2D eigenvalue weighted by Crippen LogP contribution is -2.09. The molecule has 18 heavy (non-hydrogen) atoms. The van der Waals surface area contributed by atoms with Crippen LogP contribution in [0, 0.1) is 5.92 Å². The van der Waals surface area contributed by atoms with Crippen LogP contribution in [0.25, 0.3) is 11.2 Å². The van der Waals surface area contributed by atoms with Crippen molar-refractivity contribution in [3.63, 3.8) is 0 Å². The van der Waals surface area contributed by atoms with Crippen LogP contribution in [0.5, 0.6) is 0 Å². The Bertz CT molecular complexity index is 619. The molecule has 7 nitrogen and oxygen atoms in total. The molecule has 7 heteroatoms. The Kier molecular flexibility index (Phi) is 2.41. The molecular weight excluding hydrogens is 232 g/mol. The Morgan fingerprint density at radius 3 is 2.89 bits per heavy atom. The van der Waals surface area contributed by atoms with Gasteiger partial charge in [-0.25, -0.2) is 4.98 Å². The topological polar surface area (TPSA) is 116 Å². The van der Waals surface area contributed by atoms with E-state index >= 15 is 0 Å². The maximum atomic E-state index is 9.14. The second-order valence-corrected chi connectivity index (χ2v) is 4.42. The average Bonchev–Trinajstić information content (AvgIpc) is 2.93. The van der Waals surface area contributed by atoms with Crippen molar-refractivity contribution < 1.29 is 5.11 Å². The van der Waals surface area contributed by atoms with Crippen LogP contribution in [-0.4, -0.2) is 31.2 Å². The van der Waals surface area contributed by atoms with E-state index < -0.39 is 0 Å². The Hall–Kier alpha value is -2.15. The average molecular weight is 246 g/mol. The van der Waals surface area contributed by atoms with Crippen LogP contribution in [0.1, 0.15) is 12.5 Å². The maximum Gasteiger partial charge on any atom is 0.224 e. The number of hydrogen-bond donors (Lipinski definition) is 3. The molecule has 0 saturated carbocycles. The van der Waals surface area contributed by atoms with E-state index in [2.05, 4.69) is 15.0 Å². The van der Waals surface area contributed by atoms with Gasteiger partial charge in [0.2, 0.25) is 5.95 Å². The molecule has 2 atom stereocenters. The highest BCUT2D eigenvalue weighted by Gasteiger charge is 2.22. The van der Waals surface area contributed by atoms with Gasteiger partial charge in [-0.15, -0.1) is 0 Å². The number of hydrogen-bond acceptors (Lipinski definition) is 6. The summed E-state index contributed by atoms with van der Waals surface area (Å²) >= 11 is 0. The van der Waals surface area contributed by atoms with Crippen molar-refractivity contribution in [2.24, 2.45) is 5.92 Å². The highest BCUT2D eigenvalue weighted by atomic mass is 16.3. The summed E-state index contributed by atoms with van der Waals surface area (Å²) in [6.45, 7) is 0.152. The third kappa shape index (κ3) is 1.60. The summed E-state index contributed by atoms with van der Waals surface area (Å²) in [6, 6.07) is 0.126. The molecule has 0 spiro atoms. The number of aliphatic hydroxyl groups excluding tert-OH is 1. The van der Waals surface area contributed by atoms with Gasteiger partial charge in [0, 0.05) is 12.5 Å². The minimum absolute atomic E-state index is 0.126. The van der Waals surface area contributed by atoms with Gasteiger partial charge < -0.3 is 21.1 Å². The van der Waals surface area contributed by atoms with Gasteiger partial charge in [-0.2, -0.15) is 9.97 Å². The Labute approximate surface area is 103 Å². The molecule has 0 aromatic carbocycles. The van der Waals surface area contributed by atoms with Gasteiger partial charge >= 0.3 is 0 Å². The van der Waals surface area contributed by atoms with Crippen LogP contribution in [0.15, 0.2) is 18.5 Å². The Morgan fingerprint density at radius 2 is 2.17 bits per heavy atom. The summed E-state index contributed by atoms with van der Waals surface area (Å²) in [6.07, 6.45) is 6.55. The van der Waals surface area contributed by atoms with E-state index in [4.69, 9.17) is 16.6 Å². The minimum atomic E-state index is 0.126. The van der Waals surface area contributed by atoms with E-state index in [0.29, 0.717) is 11.2 Å². The lowest BCUT2D eigenvalue weighted by atomic mass is 10.1. The van der Waals surface area contributed by atoms with Crippen LogP contribution in [0.3, 0.4) is 0 Å². The fourth-order valence-electron chi connectivity index (χ4n) is 2.29. The van der Waals surface area contributed by atoms with Crippen molar-refractivity contribution in [2.45, 2.75) is 12.5 Å². The van der Waals surface area contributed by atoms with Crippen molar-refractivity contribution >= 4 is 22.9 Å². The van der Waals surface area contributed by atoms with Crippen LogP contribution in [-0.2, 0) is 0 Å². The number of aliphatic hydroxyl groups is 1. The SMILES string of the molecule is Nc1nc(N)c2ncn(C3C=C[C@@H](CO)C3)c2n1. The van der Waals surface area contributed by atoms with E-state index in [9.17, 15) is 0 Å². The summed E-state index contributed by atoms with van der Waals surface area (Å²) in [4.78, 5) is 12.3. The highest BCUT2D eigenvalue weighted by molar-refractivity contribution is 5.82. The lowest BCUT2D eigenvalue weighted by Gasteiger charge is -2.12. The molecular formula is C11H14N6O. The number of fused-ring (bicyclic) bond motifs is 1. The third-order valence-electron chi connectivity index (χ3n) is 3.21. The van der Waals surface area contributed by atoms with Crippen molar-refractivity contribution in [2.75, 3.05) is 18.1 Å². The molecule has 1 unspecified atom stereocenters. The van der Waals surface area contributed by atoms with E-state index in [1.165, 1.54) is 0 Å². The molecule has 0 saturated heterocycles. The molecule has 3 rings (SSSR count). The molecule has 0 bridgehead atoms. The Balaban J connectivity index is 2.06. The van der Waals surface area contributed by atoms with Crippen LogP contribution < -0.4 is 11.5 Å². The van der Waals surface area contributed by atoms with Crippen molar-refractivity contribution in [3.8, 4) is 0 Å². The minimum Gasteiger partial charge on any atom is -0.396 e. The predicted molar refractivity (Wildman–Crippen MR) is 67.5 cm³/mol. The second kappa shape index (κ2) is 3.95. The summed E-state index contributed by atoms with van der Waals surface area (Å²) in [7, 11) is 0. The van der Waals surface area contributed by atoms with Crippen LogP contribution in [0.4, 0.5) is 11.8 Å². The van der Waals surface area contributed by atoms with E-state index in [1.807, 2.05) is 16.7 Å². The number of aromatic nitrogens is 4. The van der Waals surface area contributed by atoms with Gasteiger partial charge in [0.05, 0.1) is 12.4 Å². The molecule has 0 radical (unpaired) electrons. The van der Waals surface area contributed by atoms with Crippen molar-refractivity contribution in [3.05, 3.63) is 18.5 Å². The normalized spacial score (nSPS) is 22.9. The first-order valence-corrected chi connectivity index (χ1v) is 5.73. The van der Waals surface area contributed by atoms with Gasteiger partial charge in [-0.05, 0) is 6.42 Å². The molecule has 2 aromatic heterocycles. The number of rotatable bonds is 2. The number of anilines is 2. The molecule has 1 aliphatic rings. The Morgan fingerprint density at radius 1 is 1.33 bits per heavy atom. The maximum absolute atomic E-state index is 9.14. The summed E-state index contributed by atoms with van der Waals surface area (Å²) < 4.78 is 1.91. The summed E-state index contributed by atoms with van der Waals surface area (Å²) in [5.41, 5.74) is 12.6. The van der Waals surface area contributed by atoms with Crippen LogP contribution >= 0.6 is 0 Å². The first-order valence-electron chi connectivity index (χ1n) is 5.73. The largest absolute Gasteiger partial charge is 0.396 e. The fourth-order valence-corrected chi connectivity index (χ4v) is 2.29. The fraction of sp³-hybridized carbons (Fsp3) is 0.364. The number of allylic oxidation sites excluding steroid dienone is 1. The number of nitrogens with two attached hydrogens (primary N) is 2. The molecule has 2 heterocycles. The van der Waals surface area contributed by atoms with Gasteiger partial charge in [-0.1, -0.05) is 12.2 Å². The zero-order valence-electron chi connectivity index (χ0n) is 9.69. The predicted octanol–water partition coefficient (Wildman–Crippen LogP) is 0.100. The number of nitrogen functional groups attached to an aromatic ring is 2. The molecule has 2 aromatic rings. The standard InChI is InChI=1S/C11H14N6O/c12-9-8-10(16-11(13)15-9)17(5-14-8)7-2-1-6(3-7)4-18/h1-2,5-7,18H,3-4H2,(H4,12,13,15,16)/t6-,7?/m1/s1. The highest BCUT2D eigenvalue weighted by Crippen LogP contribution is 2.30. The lowest BCUT2D eigenvalue weighted by molar-refractivity contribution is 0.244. The van der Waals surface area contributed by atoms with Gasteiger partial charge in [-0.3, -0.25) is 0 Å². The molecule has 0 aliphatic heterocycles. The van der Waals surface area contributed by atoms with Crippen molar-refractivity contribution in [1.29, 1.82) is 0 Å². The van der Waals surface area contributed by atoms with Gasteiger partial charge in [0.1, 0.15) is 5.52 Å². The quantitative estimate of drug-likeness (QED) is 0.647. The van der Waals surface area contributed by atoms with Gasteiger partial charge in [0.15, 0.2) is 11.5 Å². The third-order valence-corrected chi connectivity index (χ3v) is 3.21. The first-order chi connectivity index (χ1) is 8.69. The zero-order chi connectivity index (χ0) is 12.7. The number of nitrogens with zero attached hydrogens (tertiary/aromatic N) is 4. The molecule has 1 aliphatic carbocycles. The second-order valence-electron chi connectivity index (χ2n) is 4.42.